The maximum absolute atomic E-state index is 12.1. The first kappa shape index (κ1) is 47.3. The molecule has 0 spiro atoms. The summed E-state index contributed by atoms with van der Waals surface area (Å²) >= 11 is 0. The van der Waals surface area contributed by atoms with Crippen LogP contribution in [0.1, 0.15) is 57.0 Å². The summed E-state index contributed by atoms with van der Waals surface area (Å²) in [6.07, 6.45) is 1.91. The highest BCUT2D eigenvalue weighted by atomic mass is 16.6. The number of hydrogen-bond acceptors (Lipinski definition) is 9. The molecule has 0 amide bonds. The van der Waals surface area contributed by atoms with Crippen molar-refractivity contribution in [2.75, 3.05) is 19.8 Å². The van der Waals surface area contributed by atoms with Crippen LogP contribution < -0.4 is 0 Å². The standard InChI is InChI=1S/C57H59NO9/c1-41-16-14-26-49-50(33-58(53(41)49)32-43-30-28-42(29-31-43)25-15-27-52(61)63-39-48(60)34-59)54-56(65-37-46-21-10-4-11-22-46)57(66-38-47-23-12-5-13-24-47)55(64-36-45-19-8-3-9-20-45)51(67-54)40-62-35-44-17-6-2-7-18-44/h2-26,28-31,33,48,51,54-57,59-60H,27,32,34-40H2,1H3/t48-,51+,54-,55+,56-,57-/m0/s1. The van der Waals surface area contributed by atoms with E-state index in [0.29, 0.717) is 33.0 Å². The minimum atomic E-state index is -1.09. The number of carbonyl (C=O) groups excluding carboxylic acids is 1. The van der Waals surface area contributed by atoms with Crippen LogP contribution in [-0.4, -0.2) is 71.1 Å². The van der Waals surface area contributed by atoms with Crippen molar-refractivity contribution in [1.82, 2.24) is 4.57 Å². The van der Waals surface area contributed by atoms with E-state index in [1.807, 2.05) is 91.0 Å². The van der Waals surface area contributed by atoms with Crippen molar-refractivity contribution in [2.45, 2.75) is 82.9 Å². The summed E-state index contributed by atoms with van der Waals surface area (Å²) in [6, 6.07) is 55.3. The van der Waals surface area contributed by atoms with Gasteiger partial charge in [0.25, 0.3) is 0 Å². The summed E-state index contributed by atoms with van der Waals surface area (Å²) in [5.74, 6) is -0.476. The van der Waals surface area contributed by atoms with Crippen molar-refractivity contribution >= 4 is 22.9 Å². The van der Waals surface area contributed by atoms with E-state index in [1.165, 1.54) is 0 Å². The van der Waals surface area contributed by atoms with Crippen LogP contribution in [0.3, 0.4) is 0 Å². The Hall–Kier alpha value is -6.21. The highest BCUT2D eigenvalue weighted by molar-refractivity contribution is 5.87. The molecule has 6 aromatic carbocycles. The molecule has 346 valence electrons. The van der Waals surface area contributed by atoms with Gasteiger partial charge in [-0.25, -0.2) is 0 Å². The van der Waals surface area contributed by atoms with E-state index in [9.17, 15) is 9.90 Å². The van der Waals surface area contributed by atoms with E-state index in [-0.39, 0.29) is 19.6 Å². The summed E-state index contributed by atoms with van der Waals surface area (Å²) in [6.45, 7) is 3.72. The molecule has 0 bridgehead atoms. The van der Waals surface area contributed by atoms with Crippen LogP contribution in [0.5, 0.6) is 0 Å². The third kappa shape index (κ3) is 13.0. The van der Waals surface area contributed by atoms with Crippen molar-refractivity contribution in [3.63, 3.8) is 0 Å². The van der Waals surface area contributed by atoms with Gasteiger partial charge in [0.1, 0.15) is 43.2 Å². The molecule has 1 aliphatic rings. The number of ether oxygens (including phenoxy) is 6. The number of aliphatic hydroxyl groups is 2. The fourth-order valence-corrected chi connectivity index (χ4v) is 8.49. The molecule has 1 aliphatic heterocycles. The van der Waals surface area contributed by atoms with Gasteiger partial charge in [-0.3, -0.25) is 4.79 Å². The highest BCUT2D eigenvalue weighted by Gasteiger charge is 2.49. The minimum Gasteiger partial charge on any atom is -0.463 e. The summed E-state index contributed by atoms with van der Waals surface area (Å²) in [5.41, 5.74) is 9.41. The third-order valence-electron chi connectivity index (χ3n) is 11.9. The van der Waals surface area contributed by atoms with Crippen LogP contribution >= 0.6 is 0 Å². The Morgan fingerprint density at radius 3 is 1.79 bits per heavy atom. The molecule has 8 rings (SSSR count). The first-order valence-electron chi connectivity index (χ1n) is 22.9. The lowest BCUT2D eigenvalue weighted by atomic mass is 9.90. The molecule has 0 aliphatic carbocycles. The van der Waals surface area contributed by atoms with E-state index in [1.54, 1.807) is 6.08 Å². The number of aromatic nitrogens is 1. The Morgan fingerprint density at radius 2 is 1.21 bits per heavy atom. The Bertz CT molecular complexity index is 2600. The zero-order valence-electron chi connectivity index (χ0n) is 37.8. The van der Waals surface area contributed by atoms with Crippen LogP contribution in [0.25, 0.3) is 17.0 Å². The Balaban J connectivity index is 1.14. The molecule has 10 nitrogen and oxygen atoms in total. The second-order valence-electron chi connectivity index (χ2n) is 16.9. The average molecular weight is 902 g/mol. The summed E-state index contributed by atoms with van der Waals surface area (Å²) in [5, 5.41) is 19.5. The first-order chi connectivity index (χ1) is 32.9. The summed E-state index contributed by atoms with van der Waals surface area (Å²) in [7, 11) is 0. The number of benzene rings is 6. The number of aryl methyl sites for hydroxylation is 1. The predicted octanol–water partition coefficient (Wildman–Crippen LogP) is 9.71. The van der Waals surface area contributed by atoms with Crippen molar-refractivity contribution in [1.29, 1.82) is 0 Å². The molecule has 67 heavy (non-hydrogen) atoms. The number of nitrogens with zero attached hydrogens (tertiary/aromatic N) is 1. The minimum absolute atomic E-state index is 0.0503. The Labute approximate surface area is 392 Å². The number of carbonyl (C=O) groups is 1. The smallest absolute Gasteiger partial charge is 0.309 e. The largest absolute Gasteiger partial charge is 0.463 e. The molecule has 0 radical (unpaired) electrons. The van der Waals surface area contributed by atoms with Gasteiger partial charge in [0.05, 0.1) is 51.6 Å². The zero-order chi connectivity index (χ0) is 46.2. The highest BCUT2D eigenvalue weighted by Crippen LogP contribution is 2.42. The van der Waals surface area contributed by atoms with E-state index >= 15 is 0 Å². The molecule has 7 aromatic rings. The molecule has 2 heterocycles. The van der Waals surface area contributed by atoms with Gasteiger partial charge in [0.15, 0.2) is 0 Å². The molecule has 1 saturated heterocycles. The number of fused-ring (bicyclic) bond motifs is 1. The van der Waals surface area contributed by atoms with Crippen LogP contribution in [0.4, 0.5) is 0 Å². The lowest BCUT2D eigenvalue weighted by Gasteiger charge is -2.46. The summed E-state index contributed by atoms with van der Waals surface area (Å²) in [4.78, 5) is 12.1. The topological polar surface area (TPSA) is 118 Å². The summed E-state index contributed by atoms with van der Waals surface area (Å²) < 4.78 is 42.3. The monoisotopic (exact) mass is 901 g/mol. The van der Waals surface area contributed by atoms with E-state index < -0.39 is 49.2 Å². The first-order valence-corrected chi connectivity index (χ1v) is 22.9. The van der Waals surface area contributed by atoms with Gasteiger partial charge in [0, 0.05) is 23.7 Å². The average Bonchev–Trinajstić information content (AvgIpc) is 3.74. The normalized spacial score (nSPS) is 18.9. The molecular formula is C57H59NO9. The fraction of sp³-hybridized carbons (Fsp3) is 0.281. The van der Waals surface area contributed by atoms with Gasteiger partial charge in [-0.05, 0) is 45.9 Å². The molecule has 10 heteroatoms. The molecule has 2 N–H and O–H groups in total. The van der Waals surface area contributed by atoms with E-state index in [0.717, 1.165) is 55.4 Å². The van der Waals surface area contributed by atoms with Crippen LogP contribution in [0.15, 0.2) is 176 Å². The van der Waals surface area contributed by atoms with Crippen molar-refractivity contribution < 1.29 is 43.4 Å². The molecule has 0 unspecified atom stereocenters. The molecule has 6 atom stereocenters. The maximum atomic E-state index is 12.1. The van der Waals surface area contributed by atoms with Gasteiger partial charge >= 0.3 is 5.97 Å². The van der Waals surface area contributed by atoms with E-state index in [4.69, 9.17) is 33.5 Å². The van der Waals surface area contributed by atoms with Crippen molar-refractivity contribution in [3.8, 4) is 0 Å². The molecule has 1 fully saturated rings. The molecular weight excluding hydrogens is 843 g/mol. The van der Waals surface area contributed by atoms with Crippen molar-refractivity contribution in [2.24, 2.45) is 0 Å². The lowest BCUT2D eigenvalue weighted by Crippen LogP contribution is -2.58. The van der Waals surface area contributed by atoms with Crippen LogP contribution in [0, 0.1) is 6.92 Å². The quantitative estimate of drug-likeness (QED) is 0.0642. The Morgan fingerprint density at radius 1 is 0.657 bits per heavy atom. The van der Waals surface area contributed by atoms with E-state index in [2.05, 4.69) is 96.6 Å². The second-order valence-corrected chi connectivity index (χ2v) is 16.9. The number of hydrogen-bond donors (Lipinski definition) is 2. The SMILES string of the molecule is Cc1cccc2c([C@@H]3O[C@H](COCc4ccccc4)[C@@H](OCc4ccccc4)[C@H](OCc4ccccc4)[C@H]3OCc3ccccc3)cn(Cc3ccc(C=CCC(=O)OC[C@@H](O)CO)cc3)c12. The van der Waals surface area contributed by atoms with Gasteiger partial charge in [-0.2, -0.15) is 0 Å². The number of rotatable bonds is 22. The van der Waals surface area contributed by atoms with Crippen molar-refractivity contribution in [3.05, 3.63) is 221 Å². The number of aliphatic hydroxyl groups excluding tert-OH is 2. The van der Waals surface area contributed by atoms with Gasteiger partial charge in [-0.15, -0.1) is 0 Å². The molecule has 1 aromatic heterocycles. The van der Waals surface area contributed by atoms with Crippen LogP contribution in [-0.2, 0) is 66.2 Å². The maximum Gasteiger partial charge on any atom is 0.309 e. The predicted molar refractivity (Wildman–Crippen MR) is 259 cm³/mol. The van der Waals surface area contributed by atoms with Gasteiger partial charge in [-0.1, -0.05) is 176 Å². The van der Waals surface area contributed by atoms with Gasteiger partial charge < -0.3 is 43.2 Å². The van der Waals surface area contributed by atoms with Gasteiger partial charge in [0.2, 0.25) is 0 Å². The lowest BCUT2D eigenvalue weighted by molar-refractivity contribution is -0.274. The second kappa shape index (κ2) is 24.0. The molecule has 0 saturated carbocycles. The third-order valence-corrected chi connectivity index (χ3v) is 11.9. The number of para-hydroxylation sites is 1. The fourth-order valence-electron chi connectivity index (χ4n) is 8.49. The zero-order valence-corrected chi connectivity index (χ0v) is 37.8. The number of esters is 1. The van der Waals surface area contributed by atoms with Crippen LogP contribution in [0.2, 0.25) is 0 Å². The Kier molecular flexibility index (Phi) is 16.9.